The lowest BCUT2D eigenvalue weighted by molar-refractivity contribution is 0.537. The lowest BCUT2D eigenvalue weighted by atomic mass is 10.2. The first-order valence-corrected chi connectivity index (χ1v) is 12.7. The predicted octanol–water partition coefficient (Wildman–Crippen LogP) is 4.49. The van der Waals surface area contributed by atoms with Crippen molar-refractivity contribution < 1.29 is 4.39 Å². The molecule has 2 fully saturated rings. The van der Waals surface area contributed by atoms with Gasteiger partial charge < -0.3 is 15.1 Å². The van der Waals surface area contributed by atoms with Crippen molar-refractivity contribution in [2.24, 2.45) is 0 Å². The summed E-state index contributed by atoms with van der Waals surface area (Å²) in [5.41, 5.74) is 1.61. The highest BCUT2D eigenvalue weighted by Gasteiger charge is 2.27. The van der Waals surface area contributed by atoms with Crippen LogP contribution in [0.1, 0.15) is 18.9 Å². The zero-order valence-corrected chi connectivity index (χ0v) is 19.7. The van der Waals surface area contributed by atoms with Crippen molar-refractivity contribution in [2.45, 2.75) is 24.0 Å². The van der Waals surface area contributed by atoms with Crippen LogP contribution in [0.4, 0.5) is 27.5 Å². The summed E-state index contributed by atoms with van der Waals surface area (Å²) in [6.07, 6.45) is 5.92. The Bertz CT molecular complexity index is 1320. The van der Waals surface area contributed by atoms with Crippen molar-refractivity contribution in [3.8, 4) is 0 Å². The van der Waals surface area contributed by atoms with Crippen LogP contribution in [0.15, 0.2) is 53.8 Å². The highest BCUT2D eigenvalue weighted by atomic mass is 32.2. The zero-order valence-electron chi connectivity index (χ0n) is 18.9. The molecule has 1 saturated carbocycles. The second-order valence-electron chi connectivity index (χ2n) is 8.58. The van der Waals surface area contributed by atoms with E-state index >= 15 is 0 Å². The number of piperazine rings is 1. The van der Waals surface area contributed by atoms with E-state index in [0.29, 0.717) is 22.4 Å². The molecule has 6 rings (SSSR count). The topological polar surface area (TPSA) is 75.0 Å². The number of aromatic nitrogens is 5. The molecule has 8 nitrogen and oxygen atoms in total. The molecular formula is C24H25FN8S. The smallest absolute Gasteiger partial charge is 0.240 e. The first-order valence-electron chi connectivity index (χ1n) is 11.5. The molecular weight excluding hydrogens is 451 g/mol. The van der Waals surface area contributed by atoms with Crippen molar-refractivity contribution >= 4 is 45.8 Å². The number of fused-ring (bicyclic) bond motifs is 1. The molecule has 2 aliphatic rings. The van der Waals surface area contributed by atoms with E-state index in [0.717, 1.165) is 61.9 Å². The number of anilines is 4. The first kappa shape index (κ1) is 21.2. The van der Waals surface area contributed by atoms with E-state index in [9.17, 15) is 4.39 Å². The third-order valence-corrected chi connectivity index (χ3v) is 6.83. The minimum Gasteiger partial charge on any atom is -0.353 e. The first-order chi connectivity index (χ1) is 16.7. The SMILES string of the molecule is CSc1nc(Nc2ccc3c(c2)c(F)nn3C2CC2)cc(N2CCN(c3ccccn3)CC2)n1. The van der Waals surface area contributed by atoms with Crippen LogP contribution in [0.25, 0.3) is 10.9 Å². The quantitative estimate of drug-likeness (QED) is 0.322. The van der Waals surface area contributed by atoms with E-state index in [1.54, 1.807) is 0 Å². The number of nitrogens with one attached hydrogen (secondary N) is 1. The minimum absolute atomic E-state index is 0.331. The highest BCUT2D eigenvalue weighted by molar-refractivity contribution is 7.98. The molecule has 1 N–H and O–H groups in total. The Balaban J connectivity index is 1.22. The highest BCUT2D eigenvalue weighted by Crippen LogP contribution is 2.38. The Labute approximate surface area is 201 Å². The van der Waals surface area contributed by atoms with Gasteiger partial charge in [0, 0.05) is 44.1 Å². The molecule has 4 aromatic rings. The number of pyridine rings is 1. The van der Waals surface area contributed by atoms with Crippen LogP contribution in [0.3, 0.4) is 0 Å². The average molecular weight is 477 g/mol. The molecule has 0 bridgehead atoms. The lowest BCUT2D eigenvalue weighted by Gasteiger charge is -2.36. The molecule has 0 spiro atoms. The summed E-state index contributed by atoms with van der Waals surface area (Å²) >= 11 is 1.50. The number of benzene rings is 1. The van der Waals surface area contributed by atoms with Crippen LogP contribution in [0.2, 0.25) is 0 Å². The number of halogens is 1. The van der Waals surface area contributed by atoms with Crippen LogP contribution in [-0.2, 0) is 0 Å². The maximum absolute atomic E-state index is 14.5. The van der Waals surface area contributed by atoms with Crippen LogP contribution in [0.5, 0.6) is 0 Å². The van der Waals surface area contributed by atoms with Gasteiger partial charge >= 0.3 is 0 Å². The Kier molecular flexibility index (Phi) is 5.44. The Morgan fingerprint density at radius 2 is 1.76 bits per heavy atom. The lowest BCUT2D eigenvalue weighted by Crippen LogP contribution is -2.47. The second-order valence-corrected chi connectivity index (χ2v) is 9.36. The van der Waals surface area contributed by atoms with Gasteiger partial charge in [-0.15, -0.1) is 5.10 Å². The van der Waals surface area contributed by atoms with Gasteiger partial charge in [-0.3, -0.25) is 4.68 Å². The minimum atomic E-state index is -0.426. The third kappa shape index (κ3) is 4.13. The summed E-state index contributed by atoms with van der Waals surface area (Å²) < 4.78 is 16.3. The van der Waals surface area contributed by atoms with Crippen molar-refractivity contribution in [1.82, 2.24) is 24.7 Å². The molecule has 174 valence electrons. The van der Waals surface area contributed by atoms with Crippen LogP contribution < -0.4 is 15.1 Å². The van der Waals surface area contributed by atoms with Crippen LogP contribution in [0, 0.1) is 5.95 Å². The van der Waals surface area contributed by atoms with Gasteiger partial charge in [-0.05, 0) is 49.4 Å². The van der Waals surface area contributed by atoms with E-state index in [4.69, 9.17) is 4.98 Å². The zero-order chi connectivity index (χ0) is 23.1. The summed E-state index contributed by atoms with van der Waals surface area (Å²) in [4.78, 5) is 18.4. The molecule has 1 saturated heterocycles. The van der Waals surface area contributed by atoms with Gasteiger partial charge in [-0.1, -0.05) is 17.8 Å². The van der Waals surface area contributed by atoms with Crippen LogP contribution >= 0.6 is 11.8 Å². The summed E-state index contributed by atoms with van der Waals surface area (Å²) in [5.74, 6) is 2.15. The van der Waals surface area contributed by atoms with Crippen molar-refractivity contribution in [3.63, 3.8) is 0 Å². The second kappa shape index (κ2) is 8.75. The van der Waals surface area contributed by atoms with Gasteiger partial charge in [0.05, 0.1) is 16.9 Å². The largest absolute Gasteiger partial charge is 0.353 e. The van der Waals surface area contributed by atoms with E-state index < -0.39 is 5.95 Å². The summed E-state index contributed by atoms with van der Waals surface area (Å²) in [7, 11) is 0. The molecule has 1 aliphatic heterocycles. The molecule has 1 aliphatic carbocycles. The van der Waals surface area contributed by atoms with E-state index in [1.165, 1.54) is 11.8 Å². The third-order valence-electron chi connectivity index (χ3n) is 6.28. The average Bonchev–Trinajstić information content (AvgIpc) is 3.68. The molecule has 0 radical (unpaired) electrons. The van der Waals surface area contributed by atoms with Gasteiger partial charge in [0.1, 0.15) is 17.5 Å². The number of hydrogen-bond donors (Lipinski definition) is 1. The van der Waals surface area contributed by atoms with Crippen molar-refractivity contribution in [2.75, 3.05) is 47.6 Å². The van der Waals surface area contributed by atoms with Crippen molar-refractivity contribution in [3.05, 3.63) is 54.6 Å². The van der Waals surface area contributed by atoms with Gasteiger partial charge in [-0.2, -0.15) is 4.39 Å². The Hall–Kier alpha value is -3.40. The number of rotatable bonds is 6. The molecule has 0 amide bonds. The molecule has 1 aromatic carbocycles. The number of nitrogens with zero attached hydrogens (tertiary/aromatic N) is 7. The fourth-order valence-corrected chi connectivity index (χ4v) is 4.74. The monoisotopic (exact) mass is 476 g/mol. The summed E-state index contributed by atoms with van der Waals surface area (Å²) in [6.45, 7) is 3.44. The summed E-state index contributed by atoms with van der Waals surface area (Å²) in [5, 5.41) is 8.68. The molecule has 0 atom stereocenters. The van der Waals surface area contributed by atoms with E-state index in [1.807, 2.05) is 59.6 Å². The molecule has 10 heteroatoms. The maximum Gasteiger partial charge on any atom is 0.240 e. The standard InChI is InChI=1S/C24H25FN8S/c1-34-24-28-20(27-16-5-8-19-18(14-16)23(25)30-33(19)17-6-7-17)15-22(29-24)32-12-10-31(11-13-32)21-4-2-3-9-26-21/h2-5,8-9,14-15,17H,6-7,10-13H2,1H3,(H,27,28,29). The van der Waals surface area contributed by atoms with Crippen molar-refractivity contribution in [1.29, 1.82) is 0 Å². The molecule has 0 unspecified atom stereocenters. The van der Waals surface area contributed by atoms with E-state index in [-0.39, 0.29) is 0 Å². The molecule has 34 heavy (non-hydrogen) atoms. The normalized spacial score (nSPS) is 16.3. The fourth-order valence-electron chi connectivity index (χ4n) is 4.36. The summed E-state index contributed by atoms with van der Waals surface area (Å²) in [6, 6.07) is 14.0. The fraction of sp³-hybridized carbons (Fsp3) is 0.333. The number of hydrogen-bond acceptors (Lipinski definition) is 8. The van der Waals surface area contributed by atoms with Gasteiger partial charge in [0.25, 0.3) is 0 Å². The predicted molar refractivity (Wildman–Crippen MR) is 134 cm³/mol. The number of thioether (sulfide) groups is 1. The Morgan fingerprint density at radius 3 is 2.47 bits per heavy atom. The van der Waals surface area contributed by atoms with Gasteiger partial charge in [0.2, 0.25) is 5.95 Å². The molecule has 3 aromatic heterocycles. The molecule has 4 heterocycles. The van der Waals surface area contributed by atoms with Gasteiger partial charge in [-0.25, -0.2) is 15.0 Å². The Morgan fingerprint density at radius 1 is 0.971 bits per heavy atom. The van der Waals surface area contributed by atoms with E-state index in [2.05, 4.69) is 30.2 Å². The maximum atomic E-state index is 14.5. The van der Waals surface area contributed by atoms with Crippen LogP contribution in [-0.4, -0.2) is 57.2 Å². The van der Waals surface area contributed by atoms with Gasteiger partial charge in [0.15, 0.2) is 5.16 Å².